The lowest BCUT2D eigenvalue weighted by Crippen LogP contribution is -2.40. The lowest BCUT2D eigenvalue weighted by atomic mass is 9.89. The van der Waals surface area contributed by atoms with Gasteiger partial charge in [-0.1, -0.05) is 44.9 Å². The monoisotopic (exact) mass is 468 g/mol. The number of aromatic nitrogens is 1. The van der Waals surface area contributed by atoms with Crippen LogP contribution in [0.1, 0.15) is 68.1 Å². The highest BCUT2D eigenvalue weighted by Crippen LogP contribution is 2.31. The highest BCUT2D eigenvalue weighted by Gasteiger charge is 2.25. The second-order valence-electron chi connectivity index (χ2n) is 10.8. The molecule has 0 saturated heterocycles. The quantitative estimate of drug-likeness (QED) is 0.469. The molecule has 0 atom stereocenters. The van der Waals surface area contributed by atoms with Crippen LogP contribution in [0.2, 0.25) is 0 Å². The zero-order chi connectivity index (χ0) is 25.2. The van der Waals surface area contributed by atoms with Crippen LogP contribution >= 0.6 is 0 Å². The molecule has 3 aromatic rings. The number of carbonyl (C=O) groups is 1. The van der Waals surface area contributed by atoms with Crippen molar-refractivity contribution in [3.8, 4) is 12.3 Å². The average Bonchev–Trinajstić information content (AvgIpc) is 2.84. The van der Waals surface area contributed by atoms with Crippen molar-refractivity contribution >= 4 is 28.2 Å². The molecule has 1 aromatic heterocycles. The van der Waals surface area contributed by atoms with E-state index >= 15 is 0 Å². The van der Waals surface area contributed by atoms with Gasteiger partial charge in [0, 0.05) is 65.2 Å². The lowest BCUT2D eigenvalue weighted by Gasteiger charge is -2.31. The summed E-state index contributed by atoms with van der Waals surface area (Å²) in [6.45, 7) is 6.59. The smallest absolute Gasteiger partial charge is 0.251 e. The molecule has 0 spiro atoms. The Morgan fingerprint density at radius 3 is 2.37 bits per heavy atom. The summed E-state index contributed by atoms with van der Waals surface area (Å²) in [5.41, 5.74) is 5.50. The van der Waals surface area contributed by atoms with Gasteiger partial charge in [0.05, 0.1) is 5.52 Å². The summed E-state index contributed by atoms with van der Waals surface area (Å²) in [6, 6.07) is 16.7. The van der Waals surface area contributed by atoms with E-state index in [0.717, 1.165) is 53.7 Å². The van der Waals surface area contributed by atoms with E-state index in [9.17, 15) is 4.79 Å². The number of hydrogen-bond acceptors (Lipinski definition) is 4. The molecule has 0 aliphatic heterocycles. The zero-order valence-corrected chi connectivity index (χ0v) is 21.5. The number of anilines is 2. The molecule has 0 unspecified atom stereocenters. The molecule has 0 bridgehead atoms. The molecule has 35 heavy (non-hydrogen) atoms. The van der Waals surface area contributed by atoms with Crippen LogP contribution in [0, 0.1) is 12.3 Å². The van der Waals surface area contributed by atoms with Gasteiger partial charge in [-0.25, -0.2) is 0 Å². The van der Waals surface area contributed by atoms with Gasteiger partial charge in [-0.05, 0) is 56.0 Å². The Kier molecular flexibility index (Phi) is 7.03. The minimum atomic E-state index is -0.0587. The number of carbonyl (C=O) groups excluding carboxylic acids is 1. The fourth-order valence-electron chi connectivity index (χ4n) is 4.63. The van der Waals surface area contributed by atoms with Gasteiger partial charge in [0.1, 0.15) is 0 Å². The van der Waals surface area contributed by atoms with Gasteiger partial charge in [0.25, 0.3) is 5.91 Å². The largest absolute Gasteiger partial charge is 0.382 e. The molecule has 1 heterocycles. The van der Waals surface area contributed by atoms with E-state index in [1.807, 2.05) is 37.2 Å². The molecule has 1 saturated carbocycles. The standard InChI is InChI=1S/C30H36N4O/c1-7-20-16-21(18-24(17-20)34(5)6)29(35)32-23-14-12-22(13-15-23)31-27-19-28(30(2,3)4)33-26-11-9-8-10-25(26)27/h1,8-11,16-19,22-23H,12-15H2,2-6H3,(H,31,33)(H,32,35). The first-order valence-corrected chi connectivity index (χ1v) is 12.4. The number of para-hydroxylation sites is 1. The molecule has 5 nitrogen and oxygen atoms in total. The predicted molar refractivity (Wildman–Crippen MR) is 146 cm³/mol. The number of hydrogen-bond donors (Lipinski definition) is 2. The minimum Gasteiger partial charge on any atom is -0.382 e. The number of nitrogens with one attached hydrogen (secondary N) is 2. The van der Waals surface area contributed by atoms with E-state index < -0.39 is 0 Å². The maximum atomic E-state index is 13.0. The Labute approximate surface area is 209 Å². The molecule has 0 radical (unpaired) electrons. The summed E-state index contributed by atoms with van der Waals surface area (Å²) < 4.78 is 0. The lowest BCUT2D eigenvalue weighted by molar-refractivity contribution is 0.0926. The van der Waals surface area contributed by atoms with Crippen LogP contribution in [0.3, 0.4) is 0 Å². The average molecular weight is 469 g/mol. The summed E-state index contributed by atoms with van der Waals surface area (Å²) in [7, 11) is 3.89. The first-order valence-electron chi connectivity index (χ1n) is 12.4. The fourth-order valence-corrected chi connectivity index (χ4v) is 4.63. The maximum absolute atomic E-state index is 13.0. The topological polar surface area (TPSA) is 57.3 Å². The summed E-state index contributed by atoms with van der Waals surface area (Å²) in [5, 5.41) is 8.18. The molecule has 4 rings (SSSR count). The Balaban J connectivity index is 1.42. The number of terminal acetylenes is 1. The van der Waals surface area contributed by atoms with Crippen molar-refractivity contribution < 1.29 is 4.79 Å². The normalized spacial score (nSPS) is 18.1. The third-order valence-corrected chi connectivity index (χ3v) is 6.77. The summed E-state index contributed by atoms with van der Waals surface area (Å²) >= 11 is 0. The SMILES string of the molecule is C#Cc1cc(C(=O)NC2CCC(Nc3cc(C(C)(C)C)nc4ccccc34)CC2)cc(N(C)C)c1. The van der Waals surface area contributed by atoms with Crippen molar-refractivity contribution in [2.24, 2.45) is 0 Å². The fraction of sp³-hybridized carbons (Fsp3) is 0.400. The van der Waals surface area contributed by atoms with Crippen molar-refractivity contribution in [1.82, 2.24) is 10.3 Å². The number of rotatable bonds is 5. The van der Waals surface area contributed by atoms with E-state index in [1.165, 1.54) is 0 Å². The number of pyridine rings is 1. The zero-order valence-electron chi connectivity index (χ0n) is 21.5. The van der Waals surface area contributed by atoms with Crippen LogP contribution in [0.4, 0.5) is 11.4 Å². The second-order valence-corrected chi connectivity index (χ2v) is 10.8. The number of benzene rings is 2. The van der Waals surface area contributed by atoms with Gasteiger partial charge in [-0.2, -0.15) is 0 Å². The van der Waals surface area contributed by atoms with Gasteiger partial charge >= 0.3 is 0 Å². The van der Waals surface area contributed by atoms with E-state index in [-0.39, 0.29) is 17.4 Å². The first-order chi connectivity index (χ1) is 16.6. The van der Waals surface area contributed by atoms with Gasteiger partial charge < -0.3 is 15.5 Å². The van der Waals surface area contributed by atoms with Crippen LogP contribution in [0.15, 0.2) is 48.5 Å². The molecule has 2 N–H and O–H groups in total. The predicted octanol–water partition coefficient (Wildman–Crippen LogP) is 5.73. The van der Waals surface area contributed by atoms with Crippen LogP contribution < -0.4 is 15.5 Å². The molecule has 1 amide bonds. The third kappa shape index (κ3) is 5.77. The van der Waals surface area contributed by atoms with Crippen LogP contribution in [-0.4, -0.2) is 37.1 Å². The van der Waals surface area contributed by atoms with Gasteiger partial charge in [0.2, 0.25) is 0 Å². The highest BCUT2D eigenvalue weighted by atomic mass is 16.1. The van der Waals surface area contributed by atoms with E-state index in [4.69, 9.17) is 11.4 Å². The summed E-state index contributed by atoms with van der Waals surface area (Å²) in [5.74, 6) is 2.60. The Morgan fingerprint density at radius 2 is 1.71 bits per heavy atom. The maximum Gasteiger partial charge on any atom is 0.251 e. The van der Waals surface area contributed by atoms with Gasteiger partial charge in [0.15, 0.2) is 0 Å². The Bertz CT molecular complexity index is 1260. The van der Waals surface area contributed by atoms with Crippen molar-refractivity contribution in [1.29, 1.82) is 0 Å². The molecule has 2 aromatic carbocycles. The summed E-state index contributed by atoms with van der Waals surface area (Å²) in [6.07, 6.45) is 9.48. The Morgan fingerprint density at radius 1 is 1.03 bits per heavy atom. The van der Waals surface area contributed by atoms with Crippen molar-refractivity contribution in [2.75, 3.05) is 24.3 Å². The second kappa shape index (κ2) is 10.00. The third-order valence-electron chi connectivity index (χ3n) is 6.77. The van der Waals surface area contributed by atoms with Crippen LogP contribution in [-0.2, 0) is 5.41 Å². The molecule has 182 valence electrons. The first kappa shape index (κ1) is 24.6. The minimum absolute atomic E-state index is 0.0222. The number of fused-ring (bicyclic) bond motifs is 1. The van der Waals surface area contributed by atoms with E-state index in [0.29, 0.717) is 17.2 Å². The molecular formula is C30H36N4O. The molecule has 5 heteroatoms. The molecule has 1 fully saturated rings. The van der Waals surface area contributed by atoms with Crippen molar-refractivity contribution in [3.05, 3.63) is 65.4 Å². The van der Waals surface area contributed by atoms with Crippen molar-refractivity contribution in [2.45, 2.75) is 64.0 Å². The van der Waals surface area contributed by atoms with Gasteiger partial charge in [-0.15, -0.1) is 6.42 Å². The van der Waals surface area contributed by atoms with Crippen LogP contribution in [0.25, 0.3) is 10.9 Å². The Hall–Kier alpha value is -3.52. The van der Waals surface area contributed by atoms with E-state index in [2.05, 4.69) is 61.6 Å². The molecular weight excluding hydrogens is 432 g/mol. The highest BCUT2D eigenvalue weighted by molar-refractivity contribution is 5.96. The summed E-state index contributed by atoms with van der Waals surface area (Å²) in [4.78, 5) is 19.8. The molecule has 1 aliphatic carbocycles. The van der Waals surface area contributed by atoms with Gasteiger partial charge in [-0.3, -0.25) is 9.78 Å². The van der Waals surface area contributed by atoms with E-state index in [1.54, 1.807) is 6.07 Å². The van der Waals surface area contributed by atoms with Crippen molar-refractivity contribution in [3.63, 3.8) is 0 Å². The number of nitrogens with zero attached hydrogens (tertiary/aromatic N) is 2. The van der Waals surface area contributed by atoms with Crippen LogP contribution in [0.5, 0.6) is 0 Å². The number of amides is 1. The molecule has 1 aliphatic rings.